The fourth-order valence-electron chi connectivity index (χ4n) is 2.84. The Morgan fingerprint density at radius 3 is 3.08 bits per heavy atom. The highest BCUT2D eigenvalue weighted by atomic mass is 32.1. The summed E-state index contributed by atoms with van der Waals surface area (Å²) in [7, 11) is 0. The molecule has 3 aromatic rings. The maximum Gasteiger partial charge on any atom is 0.320 e. The Balaban J connectivity index is 1.36. The molecular weight excluding hydrogens is 352 g/mol. The van der Waals surface area contributed by atoms with Crippen molar-refractivity contribution in [3.63, 3.8) is 0 Å². The summed E-state index contributed by atoms with van der Waals surface area (Å²) in [6.07, 6.45) is 2.44. The van der Waals surface area contributed by atoms with E-state index in [1.54, 1.807) is 0 Å². The van der Waals surface area contributed by atoms with Crippen LogP contribution in [0.3, 0.4) is 0 Å². The lowest BCUT2D eigenvalue weighted by Gasteiger charge is -2.15. The summed E-state index contributed by atoms with van der Waals surface area (Å²) in [5.41, 5.74) is 0.881. The molecule has 0 saturated heterocycles. The number of aromatic nitrogens is 4. The Bertz CT molecular complexity index is 896. The second-order valence-electron chi connectivity index (χ2n) is 6.49. The molecule has 136 valence electrons. The average molecular weight is 372 g/mol. The van der Waals surface area contributed by atoms with E-state index >= 15 is 0 Å². The van der Waals surface area contributed by atoms with E-state index in [4.69, 9.17) is 4.52 Å². The molecular formula is C17H20N6O2S. The molecule has 1 aliphatic carbocycles. The molecule has 1 fully saturated rings. The molecule has 2 N–H and O–H groups in total. The summed E-state index contributed by atoms with van der Waals surface area (Å²) in [5, 5.41) is 16.0. The molecule has 1 atom stereocenters. The first-order valence-corrected chi connectivity index (χ1v) is 9.45. The summed E-state index contributed by atoms with van der Waals surface area (Å²) >= 11 is 1.52. The Labute approximate surface area is 154 Å². The Morgan fingerprint density at radius 2 is 2.35 bits per heavy atom. The van der Waals surface area contributed by atoms with Gasteiger partial charge in [-0.25, -0.2) is 9.48 Å². The number of carbonyl (C=O) groups excluding carboxylic acids is 1. The zero-order valence-corrected chi connectivity index (χ0v) is 15.4. The van der Waals surface area contributed by atoms with E-state index in [0.717, 1.165) is 10.6 Å². The van der Waals surface area contributed by atoms with Crippen molar-refractivity contribution in [3.05, 3.63) is 35.1 Å². The molecule has 2 amide bonds. The zero-order chi connectivity index (χ0) is 18.1. The Morgan fingerprint density at radius 1 is 1.50 bits per heavy atom. The third-order valence-corrected chi connectivity index (χ3v) is 5.25. The minimum Gasteiger partial charge on any atom is -0.333 e. The molecule has 9 heteroatoms. The number of nitrogens with one attached hydrogen (secondary N) is 2. The number of anilines is 1. The van der Waals surface area contributed by atoms with Crippen molar-refractivity contribution in [2.24, 2.45) is 5.92 Å². The standard InChI is InChI=1S/C17H20N6O2S/c1-10-8-15(23(21-10)11(2)12-5-6-12)20-17(24)18-9-14-19-16(25-22-14)13-4-3-7-26-13/h3-4,7-8,11-12H,5-6,9H2,1-2H3,(H2,18,20,24). The molecule has 0 radical (unpaired) electrons. The number of thiophene rings is 1. The van der Waals surface area contributed by atoms with E-state index in [1.165, 1.54) is 24.2 Å². The Hall–Kier alpha value is -2.68. The first-order valence-electron chi connectivity index (χ1n) is 8.57. The number of rotatable bonds is 6. The third-order valence-electron chi connectivity index (χ3n) is 4.40. The fourth-order valence-corrected chi connectivity index (χ4v) is 3.49. The van der Waals surface area contributed by atoms with Crippen LogP contribution < -0.4 is 10.6 Å². The van der Waals surface area contributed by atoms with Gasteiger partial charge in [-0.05, 0) is 44.1 Å². The van der Waals surface area contributed by atoms with Crippen molar-refractivity contribution in [2.75, 3.05) is 5.32 Å². The van der Waals surface area contributed by atoms with Gasteiger partial charge in [-0.15, -0.1) is 11.3 Å². The molecule has 26 heavy (non-hydrogen) atoms. The second kappa shape index (κ2) is 6.91. The van der Waals surface area contributed by atoms with Crippen LogP contribution in [0.2, 0.25) is 0 Å². The maximum atomic E-state index is 12.2. The summed E-state index contributed by atoms with van der Waals surface area (Å²) in [6.45, 7) is 4.25. The summed E-state index contributed by atoms with van der Waals surface area (Å²) < 4.78 is 7.11. The van der Waals surface area contributed by atoms with Crippen LogP contribution in [-0.4, -0.2) is 26.0 Å². The van der Waals surface area contributed by atoms with Crippen LogP contribution >= 0.6 is 11.3 Å². The molecule has 0 aromatic carbocycles. The van der Waals surface area contributed by atoms with E-state index < -0.39 is 0 Å². The van der Waals surface area contributed by atoms with Crippen LogP contribution in [0.25, 0.3) is 10.8 Å². The highest BCUT2D eigenvalue weighted by Gasteiger charge is 2.31. The molecule has 8 nitrogen and oxygen atoms in total. The van der Waals surface area contributed by atoms with Crippen LogP contribution in [0.4, 0.5) is 10.6 Å². The smallest absolute Gasteiger partial charge is 0.320 e. The number of urea groups is 1. The number of aryl methyl sites for hydroxylation is 1. The van der Waals surface area contributed by atoms with Crippen molar-refractivity contribution in [2.45, 2.75) is 39.3 Å². The van der Waals surface area contributed by atoms with Gasteiger partial charge in [0.15, 0.2) is 5.82 Å². The molecule has 4 rings (SSSR count). The molecule has 0 aliphatic heterocycles. The van der Waals surface area contributed by atoms with Crippen molar-refractivity contribution >= 4 is 23.2 Å². The maximum absolute atomic E-state index is 12.2. The van der Waals surface area contributed by atoms with Gasteiger partial charge in [0.05, 0.1) is 23.2 Å². The number of nitrogens with zero attached hydrogens (tertiary/aromatic N) is 4. The van der Waals surface area contributed by atoms with Crippen LogP contribution in [-0.2, 0) is 6.54 Å². The molecule has 3 aromatic heterocycles. The molecule has 0 bridgehead atoms. The predicted octanol–water partition coefficient (Wildman–Crippen LogP) is 3.60. The summed E-state index contributed by atoms with van der Waals surface area (Å²) in [4.78, 5) is 17.4. The second-order valence-corrected chi connectivity index (χ2v) is 7.44. The molecule has 0 spiro atoms. The normalized spacial score (nSPS) is 15.0. The van der Waals surface area contributed by atoms with E-state index in [9.17, 15) is 4.79 Å². The van der Waals surface area contributed by atoms with E-state index in [2.05, 4.69) is 32.8 Å². The zero-order valence-electron chi connectivity index (χ0n) is 14.6. The van der Waals surface area contributed by atoms with Gasteiger partial charge in [-0.1, -0.05) is 11.2 Å². The van der Waals surface area contributed by atoms with E-state index in [-0.39, 0.29) is 18.6 Å². The quantitative estimate of drug-likeness (QED) is 0.689. The minimum absolute atomic E-state index is 0.187. The molecule has 3 heterocycles. The lowest BCUT2D eigenvalue weighted by molar-refractivity contribution is 0.251. The number of carbonyl (C=O) groups is 1. The van der Waals surface area contributed by atoms with E-state index in [1.807, 2.05) is 35.2 Å². The first-order chi connectivity index (χ1) is 12.6. The third kappa shape index (κ3) is 3.62. The van der Waals surface area contributed by atoms with Gasteiger partial charge in [0.1, 0.15) is 5.82 Å². The Kier molecular flexibility index (Phi) is 4.46. The lowest BCUT2D eigenvalue weighted by Crippen LogP contribution is -2.30. The number of amides is 2. The van der Waals surface area contributed by atoms with Gasteiger partial charge in [-0.3, -0.25) is 5.32 Å². The van der Waals surface area contributed by atoms with E-state index in [0.29, 0.717) is 23.5 Å². The van der Waals surface area contributed by atoms with Crippen molar-refractivity contribution in [1.29, 1.82) is 0 Å². The van der Waals surface area contributed by atoms with Gasteiger partial charge >= 0.3 is 6.03 Å². The van der Waals surface area contributed by atoms with Crippen molar-refractivity contribution in [1.82, 2.24) is 25.2 Å². The highest BCUT2D eigenvalue weighted by molar-refractivity contribution is 7.13. The molecule has 1 unspecified atom stereocenters. The molecule has 1 saturated carbocycles. The lowest BCUT2D eigenvalue weighted by atomic mass is 10.2. The number of hydrogen-bond acceptors (Lipinski definition) is 6. The minimum atomic E-state index is -0.323. The summed E-state index contributed by atoms with van der Waals surface area (Å²) in [6, 6.07) is 5.67. The van der Waals surface area contributed by atoms with Crippen LogP contribution in [0.15, 0.2) is 28.1 Å². The van der Waals surface area contributed by atoms with Gasteiger partial charge in [0, 0.05) is 6.07 Å². The van der Waals surface area contributed by atoms with Gasteiger partial charge in [-0.2, -0.15) is 10.1 Å². The topological polar surface area (TPSA) is 97.9 Å². The summed E-state index contributed by atoms with van der Waals surface area (Å²) in [5.74, 6) is 2.24. The SMILES string of the molecule is Cc1cc(NC(=O)NCc2noc(-c3cccs3)n2)n(C(C)C2CC2)n1. The van der Waals surface area contributed by atoms with Crippen LogP contribution in [0, 0.1) is 12.8 Å². The van der Waals surface area contributed by atoms with Crippen LogP contribution in [0.1, 0.15) is 37.3 Å². The predicted molar refractivity (Wildman–Crippen MR) is 97.9 cm³/mol. The van der Waals surface area contributed by atoms with Gasteiger partial charge < -0.3 is 9.84 Å². The first kappa shape index (κ1) is 16.8. The van der Waals surface area contributed by atoms with Crippen molar-refractivity contribution < 1.29 is 9.32 Å². The largest absolute Gasteiger partial charge is 0.333 e. The highest BCUT2D eigenvalue weighted by Crippen LogP contribution is 2.40. The van der Waals surface area contributed by atoms with Crippen LogP contribution in [0.5, 0.6) is 0 Å². The van der Waals surface area contributed by atoms with Gasteiger partial charge in [0.25, 0.3) is 5.89 Å². The van der Waals surface area contributed by atoms with Gasteiger partial charge in [0.2, 0.25) is 0 Å². The fraction of sp³-hybridized carbons (Fsp3) is 0.412. The molecule has 1 aliphatic rings. The monoisotopic (exact) mass is 372 g/mol. The van der Waals surface area contributed by atoms with Crippen molar-refractivity contribution in [3.8, 4) is 10.8 Å². The number of hydrogen-bond donors (Lipinski definition) is 2. The average Bonchev–Trinajstić information content (AvgIpc) is 3.00.